The summed E-state index contributed by atoms with van der Waals surface area (Å²) in [5.41, 5.74) is -0.124. The molecule has 0 fully saturated rings. The summed E-state index contributed by atoms with van der Waals surface area (Å²) in [6, 6.07) is 2.37. The van der Waals surface area contributed by atoms with Crippen LogP contribution in [0.2, 0.25) is 0 Å². The van der Waals surface area contributed by atoms with Crippen LogP contribution in [0.1, 0.15) is 10.4 Å². The van der Waals surface area contributed by atoms with Crippen molar-refractivity contribution in [1.29, 1.82) is 0 Å². The van der Waals surface area contributed by atoms with Crippen molar-refractivity contribution in [2.45, 2.75) is 0 Å². The lowest BCUT2D eigenvalue weighted by molar-refractivity contribution is -0.131. The number of hydrogen-bond acceptors (Lipinski definition) is 4. The quantitative estimate of drug-likeness (QED) is 0.644. The second-order valence-corrected chi connectivity index (χ2v) is 3.49. The van der Waals surface area contributed by atoms with Crippen LogP contribution < -0.4 is 4.74 Å². The first-order valence-corrected chi connectivity index (χ1v) is 4.60. The van der Waals surface area contributed by atoms with Gasteiger partial charge in [-0.3, -0.25) is 4.79 Å². The molecular formula is C9H7BrO5. The Morgan fingerprint density at radius 1 is 1.40 bits per heavy atom. The Balaban J connectivity index is 3.28. The van der Waals surface area contributed by atoms with Crippen LogP contribution in [0.15, 0.2) is 16.6 Å². The predicted molar refractivity (Wildman–Crippen MR) is 54.3 cm³/mol. The minimum atomic E-state index is -1.58. The molecule has 80 valence electrons. The smallest absolute Gasteiger partial charge is 0.377 e. The van der Waals surface area contributed by atoms with Crippen molar-refractivity contribution in [2.24, 2.45) is 0 Å². The first-order chi connectivity index (χ1) is 6.97. The highest BCUT2D eigenvalue weighted by atomic mass is 79.9. The molecule has 0 unspecified atom stereocenters. The van der Waals surface area contributed by atoms with Gasteiger partial charge in [0.15, 0.2) is 11.5 Å². The number of carbonyl (C=O) groups is 2. The minimum absolute atomic E-state index is 0.124. The molecule has 1 aromatic carbocycles. The number of aliphatic carboxylic acids is 1. The first-order valence-electron chi connectivity index (χ1n) is 3.81. The van der Waals surface area contributed by atoms with Crippen LogP contribution in [0.25, 0.3) is 0 Å². The second kappa shape index (κ2) is 4.31. The number of halogens is 1. The highest BCUT2D eigenvalue weighted by Gasteiger charge is 2.20. The van der Waals surface area contributed by atoms with E-state index >= 15 is 0 Å². The largest absolute Gasteiger partial charge is 0.504 e. The number of ketones is 1. The van der Waals surface area contributed by atoms with Gasteiger partial charge in [-0.15, -0.1) is 0 Å². The Morgan fingerprint density at radius 3 is 2.47 bits per heavy atom. The number of Topliss-reactive ketones (excluding diaryl/α,β-unsaturated/α-hetero) is 1. The molecule has 0 spiro atoms. The molecule has 2 N–H and O–H groups in total. The molecule has 1 aromatic rings. The molecule has 0 bridgehead atoms. The zero-order chi connectivity index (χ0) is 11.6. The van der Waals surface area contributed by atoms with Crippen LogP contribution in [-0.2, 0) is 4.79 Å². The fourth-order valence-electron chi connectivity index (χ4n) is 0.996. The van der Waals surface area contributed by atoms with Gasteiger partial charge in [-0.1, -0.05) is 0 Å². The molecular weight excluding hydrogens is 268 g/mol. The van der Waals surface area contributed by atoms with Crippen LogP contribution in [0, 0.1) is 0 Å². The van der Waals surface area contributed by atoms with Crippen molar-refractivity contribution in [2.75, 3.05) is 7.11 Å². The lowest BCUT2D eigenvalue weighted by atomic mass is 10.1. The normalized spacial score (nSPS) is 9.73. The third kappa shape index (κ3) is 2.27. The number of aromatic hydroxyl groups is 1. The number of phenolic OH excluding ortho intramolecular Hbond substituents is 1. The summed E-state index contributed by atoms with van der Waals surface area (Å²) in [6.07, 6.45) is 0. The highest BCUT2D eigenvalue weighted by Crippen LogP contribution is 2.32. The number of carboxylic acid groups (broad SMARTS) is 1. The van der Waals surface area contributed by atoms with E-state index in [0.717, 1.165) is 6.07 Å². The summed E-state index contributed by atoms with van der Waals surface area (Å²) < 4.78 is 5.04. The Hall–Kier alpha value is -1.56. The molecule has 6 heteroatoms. The van der Waals surface area contributed by atoms with E-state index in [1.165, 1.54) is 13.2 Å². The van der Waals surface area contributed by atoms with Crippen molar-refractivity contribution in [1.82, 2.24) is 0 Å². The van der Waals surface area contributed by atoms with E-state index < -0.39 is 11.8 Å². The van der Waals surface area contributed by atoms with Gasteiger partial charge < -0.3 is 14.9 Å². The van der Waals surface area contributed by atoms with Gasteiger partial charge in [0.2, 0.25) is 0 Å². The molecule has 0 aliphatic heterocycles. The molecule has 0 saturated heterocycles. The highest BCUT2D eigenvalue weighted by molar-refractivity contribution is 9.10. The van der Waals surface area contributed by atoms with E-state index in [0.29, 0.717) is 0 Å². The average Bonchev–Trinajstić information content (AvgIpc) is 2.19. The Morgan fingerprint density at radius 2 is 2.00 bits per heavy atom. The zero-order valence-electron chi connectivity index (χ0n) is 7.65. The van der Waals surface area contributed by atoms with E-state index in [1.54, 1.807) is 0 Å². The van der Waals surface area contributed by atoms with Crippen LogP contribution in [0.4, 0.5) is 0 Å². The van der Waals surface area contributed by atoms with Crippen molar-refractivity contribution < 1.29 is 24.5 Å². The molecule has 1 rings (SSSR count). The van der Waals surface area contributed by atoms with Gasteiger partial charge in [-0.25, -0.2) is 4.79 Å². The monoisotopic (exact) mass is 274 g/mol. The molecule has 0 aliphatic rings. The Bertz CT molecular complexity index is 427. The lowest BCUT2D eigenvalue weighted by Gasteiger charge is -2.06. The molecule has 0 radical (unpaired) electrons. The van der Waals surface area contributed by atoms with Gasteiger partial charge in [0.25, 0.3) is 5.78 Å². The number of ether oxygens (including phenoxy) is 1. The maximum Gasteiger partial charge on any atom is 0.377 e. The molecule has 0 atom stereocenters. The van der Waals surface area contributed by atoms with Crippen molar-refractivity contribution in [3.63, 3.8) is 0 Å². The second-order valence-electron chi connectivity index (χ2n) is 2.64. The summed E-state index contributed by atoms with van der Waals surface area (Å²) in [4.78, 5) is 21.6. The Labute approximate surface area is 93.4 Å². The SMILES string of the molecule is COc1cc(Br)c(C(=O)C(=O)O)cc1O. The molecule has 0 heterocycles. The molecule has 0 amide bonds. The number of methoxy groups -OCH3 is 1. The van der Waals surface area contributed by atoms with E-state index in [-0.39, 0.29) is 21.5 Å². The summed E-state index contributed by atoms with van der Waals surface area (Å²) in [5, 5.41) is 17.8. The summed E-state index contributed by atoms with van der Waals surface area (Å²) in [6.45, 7) is 0. The van der Waals surface area contributed by atoms with E-state index in [9.17, 15) is 14.7 Å². The zero-order valence-corrected chi connectivity index (χ0v) is 9.24. The van der Waals surface area contributed by atoms with Gasteiger partial charge >= 0.3 is 5.97 Å². The first kappa shape index (κ1) is 11.5. The van der Waals surface area contributed by atoms with Gasteiger partial charge in [-0.05, 0) is 28.1 Å². The maximum atomic E-state index is 11.1. The van der Waals surface area contributed by atoms with Gasteiger partial charge in [0, 0.05) is 10.0 Å². The molecule has 5 nitrogen and oxygen atoms in total. The molecule has 0 aliphatic carbocycles. The fourth-order valence-corrected chi connectivity index (χ4v) is 1.50. The Kier molecular flexibility index (Phi) is 3.31. The van der Waals surface area contributed by atoms with Crippen molar-refractivity contribution in [3.05, 3.63) is 22.2 Å². The van der Waals surface area contributed by atoms with E-state index in [2.05, 4.69) is 15.9 Å². The molecule has 0 aromatic heterocycles. The van der Waals surface area contributed by atoms with Crippen molar-refractivity contribution in [3.8, 4) is 11.5 Å². The van der Waals surface area contributed by atoms with E-state index in [4.69, 9.17) is 9.84 Å². The van der Waals surface area contributed by atoms with Gasteiger partial charge in [0.05, 0.1) is 7.11 Å². The van der Waals surface area contributed by atoms with Crippen LogP contribution in [0.5, 0.6) is 11.5 Å². The fraction of sp³-hybridized carbons (Fsp3) is 0.111. The number of rotatable bonds is 3. The molecule has 0 saturated carbocycles. The standard InChI is InChI=1S/C9H7BrO5/c1-15-7-3-5(10)4(2-6(7)11)8(12)9(13)14/h2-3,11H,1H3,(H,13,14). The third-order valence-electron chi connectivity index (χ3n) is 1.71. The number of carbonyl (C=O) groups excluding carboxylic acids is 1. The van der Waals surface area contributed by atoms with Gasteiger partial charge in [0.1, 0.15) is 0 Å². The third-order valence-corrected chi connectivity index (χ3v) is 2.36. The molecule has 15 heavy (non-hydrogen) atoms. The summed E-state index contributed by atoms with van der Waals surface area (Å²) in [5.74, 6) is -2.81. The maximum absolute atomic E-state index is 11.1. The van der Waals surface area contributed by atoms with Crippen LogP contribution in [0.3, 0.4) is 0 Å². The summed E-state index contributed by atoms with van der Waals surface area (Å²) in [7, 11) is 1.35. The number of benzene rings is 1. The summed E-state index contributed by atoms with van der Waals surface area (Å²) >= 11 is 3.02. The van der Waals surface area contributed by atoms with E-state index in [1.807, 2.05) is 0 Å². The predicted octanol–water partition coefficient (Wildman–Crippen LogP) is 1.43. The topological polar surface area (TPSA) is 83.8 Å². The van der Waals surface area contributed by atoms with Gasteiger partial charge in [-0.2, -0.15) is 0 Å². The number of phenols is 1. The average molecular weight is 275 g/mol. The lowest BCUT2D eigenvalue weighted by Crippen LogP contribution is -2.13. The van der Waals surface area contributed by atoms with Crippen LogP contribution in [-0.4, -0.2) is 29.1 Å². The van der Waals surface area contributed by atoms with Crippen LogP contribution >= 0.6 is 15.9 Å². The number of hydrogen-bond donors (Lipinski definition) is 2. The van der Waals surface area contributed by atoms with Crippen molar-refractivity contribution >= 4 is 27.7 Å². The minimum Gasteiger partial charge on any atom is -0.504 e. The number of carboxylic acids is 1.